The van der Waals surface area contributed by atoms with Gasteiger partial charge in [0, 0.05) is 10.0 Å². The maximum absolute atomic E-state index is 14.1. The average molecular weight is 504 g/mol. The zero-order valence-electron chi connectivity index (χ0n) is 18.1. The predicted molar refractivity (Wildman–Crippen MR) is 129 cm³/mol. The fourth-order valence-corrected chi connectivity index (χ4v) is 4.25. The van der Waals surface area contributed by atoms with E-state index in [4.69, 9.17) is 39.4 Å². The second kappa shape index (κ2) is 9.89. The van der Waals surface area contributed by atoms with Crippen LogP contribution in [0.15, 0.2) is 72.8 Å². The van der Waals surface area contributed by atoms with Crippen LogP contribution in [-0.4, -0.2) is 34.7 Å². The van der Waals surface area contributed by atoms with Gasteiger partial charge in [0.05, 0.1) is 5.92 Å². The summed E-state index contributed by atoms with van der Waals surface area (Å²) in [7, 11) is 0. The summed E-state index contributed by atoms with van der Waals surface area (Å²) in [5.41, 5.74) is 8.76. The Bertz CT molecular complexity index is 1130. The van der Waals surface area contributed by atoms with Gasteiger partial charge in [0.2, 0.25) is 0 Å². The molecule has 2 unspecified atom stereocenters. The summed E-state index contributed by atoms with van der Waals surface area (Å²) in [6.07, 6.45) is 3.92. The van der Waals surface area contributed by atoms with Gasteiger partial charge in [-0.25, -0.2) is 4.79 Å². The largest absolute Gasteiger partial charge is 0.481 e. The third-order valence-electron chi connectivity index (χ3n) is 5.57. The van der Waals surface area contributed by atoms with Gasteiger partial charge in [0.25, 0.3) is 0 Å². The smallest absolute Gasteiger partial charge is 0.315 e. The molecule has 0 fully saturated rings. The van der Waals surface area contributed by atoms with Gasteiger partial charge in [-0.1, -0.05) is 65.7 Å². The minimum Gasteiger partial charge on any atom is -0.481 e. The number of primary amides is 1. The summed E-state index contributed by atoms with van der Waals surface area (Å²) in [6.45, 7) is 1.51. The number of halogens is 2. The van der Waals surface area contributed by atoms with Crippen molar-refractivity contribution in [3.05, 3.63) is 88.4 Å². The summed E-state index contributed by atoms with van der Waals surface area (Å²) in [6, 6.07) is 12.1. The fourth-order valence-electron chi connectivity index (χ4n) is 3.72. The number of carbonyl (C=O) groups is 3. The van der Waals surface area contributed by atoms with E-state index >= 15 is 0 Å². The topological polar surface area (TPSA) is 145 Å². The molecule has 2 amide bonds. The molecule has 8 nitrogen and oxygen atoms in total. The number of urea groups is 1. The highest BCUT2D eigenvalue weighted by atomic mass is 35.5. The molecule has 6 N–H and O–H groups in total. The molecular weight excluding hydrogens is 481 g/mol. The first kappa shape index (κ1) is 25.3. The van der Waals surface area contributed by atoms with Crippen LogP contribution in [-0.2, 0) is 15.0 Å². The predicted octanol–water partition coefficient (Wildman–Crippen LogP) is 3.42. The molecule has 2 aromatic carbocycles. The van der Waals surface area contributed by atoms with E-state index in [0.29, 0.717) is 11.3 Å². The number of hydrogen-bond acceptors (Lipinski definition) is 5. The van der Waals surface area contributed by atoms with Crippen LogP contribution in [0.25, 0.3) is 0 Å². The molecule has 2 aromatic rings. The van der Waals surface area contributed by atoms with Crippen molar-refractivity contribution in [3.8, 4) is 5.75 Å². The van der Waals surface area contributed by atoms with Crippen molar-refractivity contribution in [2.45, 2.75) is 24.1 Å². The van der Waals surface area contributed by atoms with Crippen molar-refractivity contribution in [1.29, 1.82) is 0 Å². The number of benzene rings is 2. The van der Waals surface area contributed by atoms with Gasteiger partial charge >= 0.3 is 12.0 Å². The molecule has 0 saturated carbocycles. The van der Waals surface area contributed by atoms with Crippen LogP contribution < -0.4 is 21.5 Å². The van der Waals surface area contributed by atoms with Gasteiger partial charge in [-0.05, 0) is 42.8 Å². The Labute approximate surface area is 206 Å². The second-order valence-electron chi connectivity index (χ2n) is 8.02. The number of carbonyl (C=O) groups excluding carboxylic acids is 2. The lowest BCUT2D eigenvalue weighted by Crippen LogP contribution is -2.64. The fraction of sp³-hybridized carbons (Fsp3) is 0.208. The summed E-state index contributed by atoms with van der Waals surface area (Å²) < 4.78 is 6.02. The number of Topliss-reactive ketones (excluding diaryl/α,β-unsaturated/α-hetero) is 1. The molecule has 10 heteroatoms. The van der Waals surface area contributed by atoms with Crippen LogP contribution in [0.5, 0.6) is 5.75 Å². The van der Waals surface area contributed by atoms with E-state index in [0.717, 1.165) is 0 Å². The monoisotopic (exact) mass is 503 g/mol. The van der Waals surface area contributed by atoms with E-state index in [2.05, 4.69) is 5.32 Å². The van der Waals surface area contributed by atoms with Crippen molar-refractivity contribution in [3.63, 3.8) is 0 Å². The zero-order valence-corrected chi connectivity index (χ0v) is 19.6. The molecule has 0 saturated heterocycles. The first-order chi connectivity index (χ1) is 16.0. The molecule has 3 rings (SSSR count). The molecule has 0 aromatic heterocycles. The number of rotatable bonds is 8. The first-order valence-corrected chi connectivity index (χ1v) is 10.9. The van der Waals surface area contributed by atoms with E-state index in [9.17, 15) is 19.5 Å². The van der Waals surface area contributed by atoms with Crippen LogP contribution in [0.4, 0.5) is 4.79 Å². The molecule has 0 aliphatic heterocycles. The minimum absolute atomic E-state index is 0.241. The van der Waals surface area contributed by atoms with Gasteiger partial charge in [-0.15, -0.1) is 0 Å². The Morgan fingerprint density at radius 1 is 1.09 bits per heavy atom. The number of amides is 2. The number of para-hydroxylation sites is 1. The van der Waals surface area contributed by atoms with Crippen LogP contribution in [0.2, 0.25) is 10.0 Å². The number of carboxylic acid groups (broad SMARTS) is 1. The number of ether oxygens (including phenoxy) is 1. The molecule has 1 aliphatic rings. The zero-order chi connectivity index (χ0) is 25.1. The lowest BCUT2D eigenvalue weighted by molar-refractivity contribution is -0.139. The standard InChI is InChI=1S/C24H23Cl2N3O5/c1-23(15-11-16(25)13-17(26)12-15,20(32)24(28)9-7-14(8-10-24)19(30)31)21(29-22(27)33)34-18-5-3-2-4-6-18/h2-14,21H,28H2,1H3,(H,30,31)(H3,27,29,33). The second-order valence-corrected chi connectivity index (χ2v) is 8.90. The SMILES string of the molecule is CC(C(=O)C1(N)C=CC(C(=O)O)C=C1)(c1cc(Cl)cc(Cl)c1)C(NC(N)=O)Oc1ccccc1. The quantitative estimate of drug-likeness (QED) is 0.320. The Morgan fingerprint density at radius 3 is 2.15 bits per heavy atom. The molecule has 2 atom stereocenters. The van der Waals surface area contributed by atoms with E-state index in [-0.39, 0.29) is 10.0 Å². The summed E-state index contributed by atoms with van der Waals surface area (Å²) in [4.78, 5) is 37.4. The highest BCUT2D eigenvalue weighted by Gasteiger charge is 2.52. The Balaban J connectivity index is 2.17. The number of ketones is 1. The number of aliphatic carboxylic acids is 1. The van der Waals surface area contributed by atoms with Crippen LogP contribution in [0, 0.1) is 5.92 Å². The Hall–Kier alpha value is -3.33. The van der Waals surface area contributed by atoms with Crippen molar-refractivity contribution in [2.75, 3.05) is 0 Å². The number of nitrogens with one attached hydrogen (secondary N) is 1. The average Bonchev–Trinajstić information content (AvgIpc) is 2.77. The minimum atomic E-state index is -1.73. The molecule has 0 bridgehead atoms. The molecule has 178 valence electrons. The van der Waals surface area contributed by atoms with Gasteiger partial charge in [-0.2, -0.15) is 0 Å². The van der Waals surface area contributed by atoms with Crippen LogP contribution in [0.3, 0.4) is 0 Å². The van der Waals surface area contributed by atoms with E-state index in [1.54, 1.807) is 30.3 Å². The first-order valence-electron chi connectivity index (χ1n) is 10.2. The van der Waals surface area contributed by atoms with Crippen molar-refractivity contribution in [1.82, 2.24) is 5.32 Å². The summed E-state index contributed by atoms with van der Waals surface area (Å²) >= 11 is 12.5. The van der Waals surface area contributed by atoms with E-state index < -0.39 is 40.9 Å². The molecule has 0 heterocycles. The van der Waals surface area contributed by atoms with Crippen LogP contribution >= 0.6 is 23.2 Å². The summed E-state index contributed by atoms with van der Waals surface area (Å²) in [5, 5.41) is 12.2. The highest BCUT2D eigenvalue weighted by Crippen LogP contribution is 2.38. The van der Waals surface area contributed by atoms with E-state index in [1.165, 1.54) is 49.4 Å². The third-order valence-corrected chi connectivity index (χ3v) is 6.00. The molecule has 0 radical (unpaired) electrons. The van der Waals surface area contributed by atoms with E-state index in [1.807, 2.05) is 0 Å². The maximum atomic E-state index is 14.1. The summed E-state index contributed by atoms with van der Waals surface area (Å²) in [5.74, 6) is -2.30. The lowest BCUT2D eigenvalue weighted by atomic mass is 9.68. The number of carboxylic acids is 1. The number of hydrogen-bond donors (Lipinski definition) is 4. The van der Waals surface area contributed by atoms with Crippen LogP contribution in [0.1, 0.15) is 12.5 Å². The van der Waals surface area contributed by atoms with Crippen molar-refractivity contribution in [2.24, 2.45) is 17.4 Å². The van der Waals surface area contributed by atoms with Gasteiger partial charge in [0.15, 0.2) is 12.0 Å². The van der Waals surface area contributed by atoms with Gasteiger partial charge in [0.1, 0.15) is 16.7 Å². The molecular formula is C24H23Cl2N3O5. The number of nitrogens with two attached hydrogens (primary N) is 2. The molecule has 0 spiro atoms. The van der Waals surface area contributed by atoms with Crippen molar-refractivity contribution >= 4 is 41.0 Å². The molecule has 34 heavy (non-hydrogen) atoms. The van der Waals surface area contributed by atoms with Crippen molar-refractivity contribution < 1.29 is 24.2 Å². The molecule has 1 aliphatic carbocycles. The van der Waals surface area contributed by atoms with Gasteiger partial charge in [-0.3, -0.25) is 9.59 Å². The Kier molecular flexibility index (Phi) is 7.35. The normalized spacial score (nSPS) is 21.8. The van der Waals surface area contributed by atoms with Gasteiger partial charge < -0.3 is 26.6 Å². The third kappa shape index (κ3) is 5.25. The highest BCUT2D eigenvalue weighted by molar-refractivity contribution is 6.34. The lowest BCUT2D eigenvalue weighted by Gasteiger charge is -2.41. The Morgan fingerprint density at radius 2 is 1.65 bits per heavy atom. The maximum Gasteiger partial charge on any atom is 0.315 e.